The van der Waals surface area contributed by atoms with Gasteiger partial charge in [-0.05, 0) is 61.9 Å². The highest BCUT2D eigenvalue weighted by molar-refractivity contribution is 7.92. The molecule has 0 bridgehead atoms. The fourth-order valence-electron chi connectivity index (χ4n) is 3.66. The van der Waals surface area contributed by atoms with Crippen LogP contribution in [0.1, 0.15) is 19.4 Å². The summed E-state index contributed by atoms with van der Waals surface area (Å²) in [5, 5.41) is 3.65. The summed E-state index contributed by atoms with van der Waals surface area (Å²) in [6, 6.07) is 15.9. The number of nitrogens with zero attached hydrogens (tertiary/aromatic N) is 2. The number of likely N-dealkylation sites (N-methyl/N-ethyl adjacent to an activating group) is 1. The molecule has 3 aromatic rings. The molecule has 0 spiro atoms. The number of hydrogen-bond acceptors (Lipinski definition) is 4. The number of carbonyl (C=O) groups excluding carboxylic acids is 2. The molecule has 0 aromatic heterocycles. The first kappa shape index (κ1) is 30.1. The summed E-state index contributed by atoms with van der Waals surface area (Å²) in [4.78, 5) is 27.8. The molecule has 3 rings (SSSR count). The molecule has 0 unspecified atom stereocenters. The molecule has 0 aliphatic heterocycles. The standard InChI is InChI=1S/C26H25Cl4N3O4S/c1-3-31-26(35)17(2)32(15-18-9-11-21(28)22(29)13-18)25(34)16-33(24-12-10-19(27)14-23(24)30)38(36,37)20-7-5-4-6-8-20/h4-14,17H,3,15-16H2,1-2H3,(H,31,35)/t17-/m1/s1. The highest BCUT2D eigenvalue weighted by Crippen LogP contribution is 2.33. The molecule has 7 nitrogen and oxygen atoms in total. The Morgan fingerprint density at radius 1 is 0.895 bits per heavy atom. The maximum Gasteiger partial charge on any atom is 0.264 e. The molecule has 0 aliphatic rings. The second-order valence-corrected chi connectivity index (χ2v) is 11.8. The van der Waals surface area contributed by atoms with Crippen LogP contribution in [0.3, 0.4) is 0 Å². The van der Waals surface area contributed by atoms with Crippen LogP contribution in [0, 0.1) is 0 Å². The lowest BCUT2D eigenvalue weighted by atomic mass is 10.1. The first-order valence-corrected chi connectivity index (χ1v) is 14.4. The molecule has 0 heterocycles. The number of amides is 2. The van der Waals surface area contributed by atoms with Crippen LogP contribution >= 0.6 is 46.4 Å². The van der Waals surface area contributed by atoms with Crippen LogP contribution in [0.2, 0.25) is 20.1 Å². The van der Waals surface area contributed by atoms with E-state index in [0.29, 0.717) is 22.2 Å². The Labute approximate surface area is 242 Å². The minimum absolute atomic E-state index is 0.0262. The average molecular weight is 617 g/mol. The van der Waals surface area contributed by atoms with Crippen molar-refractivity contribution < 1.29 is 18.0 Å². The normalized spacial score (nSPS) is 12.1. The lowest BCUT2D eigenvalue weighted by Crippen LogP contribution is -2.51. The summed E-state index contributed by atoms with van der Waals surface area (Å²) < 4.78 is 28.4. The van der Waals surface area contributed by atoms with Crippen molar-refractivity contribution in [2.24, 2.45) is 0 Å². The van der Waals surface area contributed by atoms with Crippen LogP contribution < -0.4 is 9.62 Å². The molecule has 1 N–H and O–H groups in total. The van der Waals surface area contributed by atoms with E-state index in [-0.39, 0.29) is 27.2 Å². The summed E-state index contributed by atoms with van der Waals surface area (Å²) in [5.74, 6) is -1.04. The van der Waals surface area contributed by atoms with Crippen molar-refractivity contribution in [3.63, 3.8) is 0 Å². The summed E-state index contributed by atoms with van der Waals surface area (Å²) in [7, 11) is -4.24. The van der Waals surface area contributed by atoms with Crippen molar-refractivity contribution in [3.05, 3.63) is 92.4 Å². The quantitative estimate of drug-likeness (QED) is 0.300. The largest absolute Gasteiger partial charge is 0.355 e. The van der Waals surface area contributed by atoms with Gasteiger partial charge in [-0.2, -0.15) is 0 Å². The first-order valence-electron chi connectivity index (χ1n) is 11.5. The Morgan fingerprint density at radius 3 is 2.18 bits per heavy atom. The van der Waals surface area contributed by atoms with Crippen LogP contribution in [0.4, 0.5) is 5.69 Å². The summed E-state index contributed by atoms with van der Waals surface area (Å²) in [5.41, 5.74) is 0.666. The fourth-order valence-corrected chi connectivity index (χ4v) is 5.99. The second kappa shape index (κ2) is 13.0. The molecule has 38 heavy (non-hydrogen) atoms. The van der Waals surface area contributed by atoms with Gasteiger partial charge in [0.2, 0.25) is 11.8 Å². The minimum atomic E-state index is -4.24. The predicted molar refractivity (Wildman–Crippen MR) is 153 cm³/mol. The highest BCUT2D eigenvalue weighted by Gasteiger charge is 2.33. The van der Waals surface area contributed by atoms with Gasteiger partial charge >= 0.3 is 0 Å². The van der Waals surface area contributed by atoms with Gasteiger partial charge in [0.15, 0.2) is 0 Å². The van der Waals surface area contributed by atoms with Crippen molar-refractivity contribution in [2.75, 3.05) is 17.4 Å². The van der Waals surface area contributed by atoms with Gasteiger partial charge in [0.05, 0.1) is 25.7 Å². The Morgan fingerprint density at radius 2 is 1.58 bits per heavy atom. The van der Waals surface area contributed by atoms with Gasteiger partial charge in [-0.25, -0.2) is 8.42 Å². The molecule has 0 saturated heterocycles. The van der Waals surface area contributed by atoms with Gasteiger partial charge in [0, 0.05) is 18.1 Å². The monoisotopic (exact) mass is 615 g/mol. The Balaban J connectivity index is 2.06. The van der Waals surface area contributed by atoms with Crippen LogP contribution in [0.25, 0.3) is 0 Å². The number of carbonyl (C=O) groups is 2. The number of nitrogens with one attached hydrogen (secondary N) is 1. The van der Waals surface area contributed by atoms with E-state index in [0.717, 1.165) is 4.31 Å². The number of anilines is 1. The summed E-state index contributed by atoms with van der Waals surface area (Å²) in [6.07, 6.45) is 0. The van der Waals surface area contributed by atoms with E-state index in [2.05, 4.69) is 5.32 Å². The third-order valence-corrected chi connectivity index (χ3v) is 8.69. The molecule has 202 valence electrons. The van der Waals surface area contributed by atoms with E-state index in [4.69, 9.17) is 46.4 Å². The van der Waals surface area contributed by atoms with Crippen molar-refractivity contribution in [1.29, 1.82) is 0 Å². The maximum atomic E-state index is 13.8. The summed E-state index contributed by atoms with van der Waals surface area (Å²) in [6.45, 7) is 3.01. The van der Waals surface area contributed by atoms with E-state index in [9.17, 15) is 18.0 Å². The smallest absolute Gasteiger partial charge is 0.264 e. The molecule has 12 heteroatoms. The topological polar surface area (TPSA) is 86.8 Å². The fraction of sp³-hybridized carbons (Fsp3) is 0.231. The third-order valence-electron chi connectivity index (χ3n) is 5.64. The van der Waals surface area contributed by atoms with Gasteiger partial charge in [0.25, 0.3) is 10.0 Å². The molecule has 1 atom stereocenters. The van der Waals surface area contributed by atoms with Crippen LogP contribution in [-0.2, 0) is 26.2 Å². The maximum absolute atomic E-state index is 13.8. The van der Waals surface area contributed by atoms with E-state index >= 15 is 0 Å². The molecule has 2 amide bonds. The zero-order valence-corrected chi connectivity index (χ0v) is 24.3. The van der Waals surface area contributed by atoms with E-state index in [1.807, 2.05) is 0 Å². The molecule has 3 aromatic carbocycles. The minimum Gasteiger partial charge on any atom is -0.355 e. The molecule has 0 fully saturated rings. The Hall–Kier alpha value is -2.49. The number of rotatable bonds is 10. The average Bonchev–Trinajstić information content (AvgIpc) is 2.88. The van der Waals surface area contributed by atoms with Gasteiger partial charge in [0.1, 0.15) is 12.6 Å². The lowest BCUT2D eigenvalue weighted by molar-refractivity contribution is -0.139. The number of hydrogen-bond donors (Lipinski definition) is 1. The van der Waals surface area contributed by atoms with Crippen molar-refractivity contribution in [3.8, 4) is 0 Å². The van der Waals surface area contributed by atoms with Crippen molar-refractivity contribution in [2.45, 2.75) is 31.3 Å². The highest BCUT2D eigenvalue weighted by atomic mass is 35.5. The van der Waals surface area contributed by atoms with E-state index < -0.39 is 34.4 Å². The van der Waals surface area contributed by atoms with Gasteiger partial charge < -0.3 is 10.2 Å². The van der Waals surface area contributed by atoms with Crippen molar-refractivity contribution in [1.82, 2.24) is 10.2 Å². The van der Waals surface area contributed by atoms with E-state index in [1.165, 1.54) is 35.2 Å². The second-order valence-electron chi connectivity index (χ2n) is 8.26. The van der Waals surface area contributed by atoms with Gasteiger partial charge in [-0.3, -0.25) is 13.9 Å². The zero-order valence-electron chi connectivity index (χ0n) is 20.5. The van der Waals surface area contributed by atoms with Crippen LogP contribution in [0.15, 0.2) is 71.6 Å². The van der Waals surface area contributed by atoms with E-state index in [1.54, 1.807) is 50.2 Å². The first-order chi connectivity index (χ1) is 17.9. The predicted octanol–water partition coefficient (Wildman–Crippen LogP) is 6.05. The molecule has 0 radical (unpaired) electrons. The Bertz CT molecular complexity index is 1420. The van der Waals surface area contributed by atoms with Crippen molar-refractivity contribution >= 4 is 73.9 Å². The molecular weight excluding hydrogens is 592 g/mol. The Kier molecular flexibility index (Phi) is 10.3. The molecule has 0 saturated carbocycles. The van der Waals surface area contributed by atoms with Gasteiger partial charge in [-0.1, -0.05) is 70.7 Å². The number of benzene rings is 3. The number of halogens is 4. The van der Waals surface area contributed by atoms with Crippen LogP contribution in [0.5, 0.6) is 0 Å². The third kappa shape index (κ3) is 7.12. The lowest BCUT2D eigenvalue weighted by Gasteiger charge is -2.32. The molecular formula is C26H25Cl4N3O4S. The zero-order chi connectivity index (χ0) is 28.0. The van der Waals surface area contributed by atoms with Crippen LogP contribution in [-0.4, -0.2) is 44.3 Å². The summed E-state index contributed by atoms with van der Waals surface area (Å²) >= 11 is 24.6. The SMILES string of the molecule is CCNC(=O)[C@@H](C)N(Cc1ccc(Cl)c(Cl)c1)C(=O)CN(c1ccc(Cl)cc1Cl)S(=O)(=O)c1ccccc1. The number of sulfonamides is 1. The van der Waals surface area contributed by atoms with Gasteiger partial charge in [-0.15, -0.1) is 0 Å². The molecule has 0 aliphatic carbocycles.